The van der Waals surface area contributed by atoms with E-state index in [0.717, 1.165) is 32.1 Å². The number of nitrogens with zero attached hydrogens (tertiary/aromatic N) is 6. The van der Waals surface area contributed by atoms with E-state index in [1.165, 1.54) is 5.56 Å². The van der Waals surface area contributed by atoms with Gasteiger partial charge in [0.05, 0.1) is 19.9 Å². The number of benzene rings is 2. The average molecular weight is 433 g/mol. The highest BCUT2D eigenvalue weighted by Crippen LogP contribution is 2.21. The lowest BCUT2D eigenvalue weighted by Crippen LogP contribution is -2.15. The van der Waals surface area contributed by atoms with Crippen molar-refractivity contribution in [1.29, 1.82) is 0 Å². The van der Waals surface area contributed by atoms with E-state index in [2.05, 4.69) is 64.9 Å². The molecule has 0 bridgehead atoms. The molecule has 3 rings (SSSR count). The summed E-state index contributed by atoms with van der Waals surface area (Å²) >= 11 is 0. The Labute approximate surface area is 176 Å². The smallest absolute Gasteiger partial charge is 0.370 e. The molecule has 0 saturated carbocycles. The molecule has 0 radical (unpaired) electrons. The first-order chi connectivity index (χ1) is 14.3. The highest BCUT2D eigenvalue weighted by molar-refractivity contribution is 7.81. The lowest BCUT2D eigenvalue weighted by atomic mass is 10.2. The van der Waals surface area contributed by atoms with E-state index < -0.39 is 10.4 Å². The van der Waals surface area contributed by atoms with E-state index in [0.29, 0.717) is 5.95 Å². The van der Waals surface area contributed by atoms with Crippen LogP contribution in [0, 0.1) is 0 Å². The molecule has 0 aliphatic heterocycles. The average Bonchev–Trinajstić information content (AvgIpc) is 3.19. The van der Waals surface area contributed by atoms with Crippen molar-refractivity contribution in [2.45, 2.75) is 6.54 Å². The van der Waals surface area contributed by atoms with Gasteiger partial charge in [0.2, 0.25) is 0 Å². The Morgan fingerprint density at radius 3 is 2.13 bits per heavy atom. The van der Waals surface area contributed by atoms with E-state index in [9.17, 15) is 8.42 Å². The Morgan fingerprint density at radius 1 is 1.00 bits per heavy atom. The van der Waals surface area contributed by atoms with Crippen LogP contribution in [0.4, 0.5) is 17.3 Å². The first-order valence-electron chi connectivity index (χ1n) is 8.81. The Balaban J connectivity index is 0.000000396. The molecule has 0 atom stereocenters. The van der Waals surface area contributed by atoms with Crippen LogP contribution in [0.3, 0.4) is 0 Å². The zero-order chi connectivity index (χ0) is 22.0. The molecule has 2 aromatic carbocycles. The maximum Gasteiger partial charge on any atom is 0.399 e. The van der Waals surface area contributed by atoms with Crippen LogP contribution in [0.1, 0.15) is 5.56 Å². The van der Waals surface area contributed by atoms with Crippen molar-refractivity contribution in [1.82, 2.24) is 14.8 Å². The van der Waals surface area contributed by atoms with Crippen LogP contribution < -0.4 is 4.90 Å². The predicted octanol–water partition coefficient (Wildman–Crippen LogP) is 3.39. The van der Waals surface area contributed by atoms with Crippen molar-refractivity contribution in [3.63, 3.8) is 0 Å². The summed E-state index contributed by atoms with van der Waals surface area (Å²) in [5.41, 5.74) is 3.18. The van der Waals surface area contributed by atoms with Crippen LogP contribution in [-0.2, 0) is 32.4 Å². The minimum atomic E-state index is -3.66. The fourth-order valence-electron chi connectivity index (χ4n) is 2.27. The van der Waals surface area contributed by atoms with Gasteiger partial charge in [0.25, 0.3) is 5.95 Å². The molecule has 160 valence electrons. The number of hydrogen-bond acceptors (Lipinski definition) is 9. The maximum absolute atomic E-state index is 9.92. The molecule has 0 aliphatic rings. The number of anilines is 1. The lowest BCUT2D eigenvalue weighted by molar-refractivity contribution is 0.286. The number of aryl methyl sites for hydroxylation is 1. The van der Waals surface area contributed by atoms with Gasteiger partial charge in [0, 0.05) is 26.3 Å². The number of azo groups is 1. The fraction of sp³-hybridized carbons (Fsp3) is 0.263. The second-order valence-corrected chi connectivity index (χ2v) is 7.50. The molecule has 3 aromatic rings. The molecule has 0 unspecified atom stereocenters. The molecular formula is C19H24N6O4S. The van der Waals surface area contributed by atoms with E-state index in [-0.39, 0.29) is 0 Å². The third-order valence-electron chi connectivity index (χ3n) is 3.80. The summed E-state index contributed by atoms with van der Waals surface area (Å²) in [6.45, 7) is 0.861. The molecule has 0 spiro atoms. The Morgan fingerprint density at radius 2 is 1.63 bits per heavy atom. The second-order valence-electron chi connectivity index (χ2n) is 6.02. The summed E-state index contributed by atoms with van der Waals surface area (Å²) in [6.07, 6.45) is 1.59. The minimum absolute atomic E-state index is 0.359. The largest absolute Gasteiger partial charge is 0.399 e. The molecule has 0 saturated heterocycles. The van der Waals surface area contributed by atoms with Crippen molar-refractivity contribution < 1.29 is 16.8 Å². The van der Waals surface area contributed by atoms with Gasteiger partial charge in [-0.1, -0.05) is 30.3 Å². The van der Waals surface area contributed by atoms with Crippen molar-refractivity contribution in [2.24, 2.45) is 17.3 Å². The minimum Gasteiger partial charge on any atom is -0.370 e. The molecular weight excluding hydrogens is 408 g/mol. The highest BCUT2D eigenvalue weighted by Gasteiger charge is 2.03. The molecule has 0 amide bonds. The van der Waals surface area contributed by atoms with Crippen LogP contribution >= 0.6 is 0 Å². The van der Waals surface area contributed by atoms with Crippen LogP contribution in [-0.4, -0.2) is 44.4 Å². The summed E-state index contributed by atoms with van der Waals surface area (Å²) in [6, 6.07) is 18.3. The Hall–Kier alpha value is -3.15. The lowest BCUT2D eigenvalue weighted by Gasteiger charge is -2.19. The molecule has 0 aliphatic carbocycles. The fourth-order valence-corrected chi connectivity index (χ4v) is 2.40. The van der Waals surface area contributed by atoms with Crippen molar-refractivity contribution in [3.05, 3.63) is 66.5 Å². The zero-order valence-electron chi connectivity index (χ0n) is 17.2. The van der Waals surface area contributed by atoms with Crippen LogP contribution in [0.2, 0.25) is 0 Å². The van der Waals surface area contributed by atoms with Gasteiger partial charge in [-0.25, -0.2) is 0 Å². The van der Waals surface area contributed by atoms with E-state index >= 15 is 0 Å². The quantitative estimate of drug-likeness (QED) is 0.526. The Bertz CT molecular complexity index is 1030. The SMILES string of the molecule is CN(Cc1ccccc1)c1ccc(N=Nc2ncn(C)n2)cc1.COS(=O)(=O)OC. The molecule has 30 heavy (non-hydrogen) atoms. The van der Waals surface area contributed by atoms with Crippen LogP contribution in [0.5, 0.6) is 0 Å². The number of hydrogen-bond donors (Lipinski definition) is 0. The summed E-state index contributed by atoms with van der Waals surface area (Å²) < 4.78 is 29.1. The number of rotatable bonds is 7. The summed E-state index contributed by atoms with van der Waals surface area (Å²) in [5, 5.41) is 12.2. The molecule has 1 heterocycles. The van der Waals surface area contributed by atoms with Crippen LogP contribution in [0.25, 0.3) is 0 Å². The van der Waals surface area contributed by atoms with Gasteiger partial charge in [0.1, 0.15) is 6.33 Å². The molecule has 0 fully saturated rings. The third-order valence-corrected chi connectivity index (χ3v) is 4.62. The summed E-state index contributed by atoms with van der Waals surface area (Å²) in [4.78, 5) is 6.20. The first kappa shape index (κ1) is 23.1. The van der Waals surface area contributed by atoms with Gasteiger partial charge in [-0.3, -0.25) is 13.0 Å². The summed E-state index contributed by atoms with van der Waals surface area (Å²) in [7, 11) is 2.26. The predicted molar refractivity (Wildman–Crippen MR) is 113 cm³/mol. The van der Waals surface area contributed by atoms with Crippen molar-refractivity contribution in [2.75, 3.05) is 26.2 Å². The molecule has 0 N–H and O–H groups in total. The molecule has 10 nitrogen and oxygen atoms in total. The zero-order valence-corrected chi connectivity index (χ0v) is 18.0. The van der Waals surface area contributed by atoms with Crippen molar-refractivity contribution >= 4 is 27.7 Å². The number of aromatic nitrogens is 3. The van der Waals surface area contributed by atoms with E-state index in [4.69, 9.17) is 0 Å². The van der Waals surface area contributed by atoms with Gasteiger partial charge in [-0.2, -0.15) is 13.4 Å². The maximum atomic E-state index is 9.92. The topological polar surface area (TPSA) is 111 Å². The molecule has 11 heteroatoms. The highest BCUT2D eigenvalue weighted by atomic mass is 32.3. The monoisotopic (exact) mass is 432 g/mol. The molecule has 1 aromatic heterocycles. The second kappa shape index (κ2) is 11.1. The van der Waals surface area contributed by atoms with Gasteiger partial charge < -0.3 is 4.90 Å². The van der Waals surface area contributed by atoms with Gasteiger partial charge in [-0.05, 0) is 29.8 Å². The van der Waals surface area contributed by atoms with Crippen molar-refractivity contribution in [3.8, 4) is 0 Å². The standard InChI is InChI=1S/C17H18N6.C2H6O4S/c1-22(12-14-6-4-3-5-7-14)16-10-8-15(9-11-16)19-20-17-18-13-23(2)21-17;1-5-7(3,4)6-2/h3-11,13H,12H2,1-2H3;1-2H3. The first-order valence-corrected chi connectivity index (χ1v) is 10.1. The van der Waals surface area contributed by atoms with Gasteiger partial charge in [-0.15, -0.1) is 15.3 Å². The normalized spacial score (nSPS) is 11.2. The van der Waals surface area contributed by atoms with Crippen LogP contribution in [0.15, 0.2) is 71.2 Å². The van der Waals surface area contributed by atoms with E-state index in [1.54, 1.807) is 18.1 Å². The summed E-state index contributed by atoms with van der Waals surface area (Å²) in [5.74, 6) is 0.359. The van der Waals surface area contributed by atoms with E-state index in [1.807, 2.05) is 30.3 Å². The van der Waals surface area contributed by atoms with Gasteiger partial charge in [0.15, 0.2) is 0 Å². The van der Waals surface area contributed by atoms with Gasteiger partial charge >= 0.3 is 10.4 Å². The third kappa shape index (κ3) is 7.70. The Kier molecular flexibility index (Phi) is 8.59.